The molecule has 5 nitrogen and oxygen atoms in total. The first-order chi connectivity index (χ1) is 14.6. The summed E-state index contributed by atoms with van der Waals surface area (Å²) < 4.78 is 17.6. The Morgan fingerprint density at radius 1 is 0.900 bits per heavy atom. The van der Waals surface area contributed by atoms with Crippen LogP contribution in [-0.4, -0.2) is 33.1 Å². The first-order valence-electron chi connectivity index (χ1n) is 10.4. The molecule has 0 saturated heterocycles. The maximum absolute atomic E-state index is 6.02. The number of rotatable bonds is 13. The molecule has 0 saturated carbocycles. The van der Waals surface area contributed by atoms with Crippen molar-refractivity contribution in [3.63, 3.8) is 0 Å². The molecule has 0 spiro atoms. The average molecular weight is 412 g/mol. The summed E-state index contributed by atoms with van der Waals surface area (Å²) in [7, 11) is 1.54. The van der Waals surface area contributed by atoms with Gasteiger partial charge in [0.05, 0.1) is 13.2 Å². The quantitative estimate of drug-likeness (QED) is 0.184. The van der Waals surface area contributed by atoms with Crippen molar-refractivity contribution in [2.45, 2.75) is 40.0 Å². The summed E-state index contributed by atoms with van der Waals surface area (Å²) in [5.41, 5.74) is 3.33. The highest BCUT2D eigenvalue weighted by atomic mass is 16.6. The molecular formula is C25H33NO4. The third-order valence-corrected chi connectivity index (χ3v) is 4.47. The van der Waals surface area contributed by atoms with Crippen LogP contribution in [0.1, 0.15) is 36.5 Å². The lowest BCUT2D eigenvalue weighted by molar-refractivity contribution is 0.215. The number of hydrogen-bond donors (Lipinski definition) is 0. The molecule has 0 fully saturated rings. The van der Waals surface area contributed by atoms with Crippen molar-refractivity contribution >= 4 is 6.21 Å². The number of unbranched alkanes of at least 4 members (excludes halogenated alkanes) is 1. The van der Waals surface area contributed by atoms with Gasteiger partial charge in [0, 0.05) is 12.6 Å². The molecule has 0 heterocycles. The van der Waals surface area contributed by atoms with Crippen LogP contribution in [0, 0.1) is 13.8 Å². The summed E-state index contributed by atoms with van der Waals surface area (Å²) in [5, 5.41) is 3.76. The van der Waals surface area contributed by atoms with Gasteiger partial charge in [-0.15, -0.1) is 0 Å². The van der Waals surface area contributed by atoms with E-state index in [0.29, 0.717) is 19.8 Å². The minimum Gasteiger partial charge on any atom is -0.494 e. The fourth-order valence-corrected chi connectivity index (χ4v) is 3.01. The fourth-order valence-electron chi connectivity index (χ4n) is 3.01. The topological polar surface area (TPSA) is 49.3 Å². The molecular weight excluding hydrogens is 378 g/mol. The molecule has 0 aliphatic rings. The number of nitrogens with zero attached hydrogens (tertiary/aromatic N) is 1. The lowest BCUT2D eigenvalue weighted by Gasteiger charge is -2.14. The number of aryl methyl sites for hydroxylation is 2. The highest BCUT2D eigenvalue weighted by Gasteiger charge is 2.07. The second-order valence-corrected chi connectivity index (χ2v) is 6.99. The zero-order valence-electron chi connectivity index (χ0n) is 18.5. The average Bonchev–Trinajstić information content (AvgIpc) is 2.73. The van der Waals surface area contributed by atoms with Gasteiger partial charge in [-0.25, -0.2) is 0 Å². The van der Waals surface area contributed by atoms with Crippen molar-refractivity contribution in [2.24, 2.45) is 5.16 Å². The molecule has 0 N–H and O–H groups in total. The molecule has 30 heavy (non-hydrogen) atoms. The van der Waals surface area contributed by atoms with E-state index >= 15 is 0 Å². The van der Waals surface area contributed by atoms with Crippen molar-refractivity contribution in [2.75, 3.05) is 26.9 Å². The summed E-state index contributed by atoms with van der Waals surface area (Å²) in [4.78, 5) is 4.69. The molecule has 0 radical (unpaired) electrons. The molecule has 0 atom stereocenters. The lowest BCUT2D eigenvalue weighted by Crippen LogP contribution is -2.05. The Bertz CT molecular complexity index is 807. The number of hydrogen-bond acceptors (Lipinski definition) is 5. The predicted molar refractivity (Wildman–Crippen MR) is 122 cm³/mol. The van der Waals surface area contributed by atoms with E-state index in [0.717, 1.165) is 53.2 Å². The van der Waals surface area contributed by atoms with Crippen LogP contribution in [0.4, 0.5) is 0 Å². The van der Waals surface area contributed by atoms with E-state index in [1.807, 2.05) is 55.5 Å². The second kappa shape index (κ2) is 13.3. The minimum absolute atomic E-state index is 0.583. The summed E-state index contributed by atoms with van der Waals surface area (Å²) in [6.07, 6.45) is 8.28. The smallest absolute Gasteiger partial charge is 0.125 e. The van der Waals surface area contributed by atoms with Gasteiger partial charge in [0.1, 0.15) is 31.0 Å². The van der Waals surface area contributed by atoms with Gasteiger partial charge in [0.15, 0.2) is 0 Å². The number of ether oxygens (including phenoxy) is 3. The van der Waals surface area contributed by atoms with E-state index in [-0.39, 0.29) is 0 Å². The van der Waals surface area contributed by atoms with E-state index in [1.165, 1.54) is 7.11 Å². The molecule has 0 aliphatic heterocycles. The molecule has 0 aromatic heterocycles. The van der Waals surface area contributed by atoms with Gasteiger partial charge in [-0.2, -0.15) is 0 Å². The van der Waals surface area contributed by atoms with Crippen molar-refractivity contribution in [1.29, 1.82) is 0 Å². The normalized spacial score (nSPS) is 11.2. The SMILES string of the molecule is C/C=C/COc1cc(C)c(OCCCCOc2cccc(C/C=N/OC)c2)c(C)c1. The molecule has 162 valence electrons. The molecule has 0 amide bonds. The number of oxime groups is 1. The first-order valence-corrected chi connectivity index (χ1v) is 10.4. The molecule has 2 aromatic rings. The van der Waals surface area contributed by atoms with E-state index in [4.69, 9.17) is 14.2 Å². The van der Waals surface area contributed by atoms with Crippen LogP contribution in [0.5, 0.6) is 17.2 Å². The minimum atomic E-state index is 0.583. The van der Waals surface area contributed by atoms with Crippen LogP contribution < -0.4 is 14.2 Å². The first kappa shape index (κ1) is 23.3. The fraction of sp³-hybridized carbons (Fsp3) is 0.400. The number of benzene rings is 2. The Morgan fingerprint density at radius 2 is 1.63 bits per heavy atom. The largest absolute Gasteiger partial charge is 0.494 e. The van der Waals surface area contributed by atoms with E-state index in [9.17, 15) is 0 Å². The molecule has 0 unspecified atom stereocenters. The van der Waals surface area contributed by atoms with Crippen LogP contribution in [-0.2, 0) is 11.3 Å². The van der Waals surface area contributed by atoms with Crippen molar-refractivity contribution < 1.29 is 19.0 Å². The van der Waals surface area contributed by atoms with Crippen LogP contribution in [0.3, 0.4) is 0 Å². The van der Waals surface area contributed by atoms with Gasteiger partial charge in [-0.1, -0.05) is 29.4 Å². The standard InChI is InChI=1S/C25H33NO4/c1-5-6-14-29-24-17-20(2)25(21(3)18-24)30-16-8-7-15-28-23-11-9-10-22(19-23)12-13-26-27-4/h5-6,9-11,13,17-19H,7-8,12,14-16H2,1-4H3/b6-5+,26-13+. The van der Waals surface area contributed by atoms with Gasteiger partial charge < -0.3 is 19.0 Å². The Hall–Kier alpha value is -2.95. The summed E-state index contributed by atoms with van der Waals surface area (Å²) in [6.45, 7) is 8.00. The maximum Gasteiger partial charge on any atom is 0.125 e. The molecule has 5 heteroatoms. The zero-order valence-corrected chi connectivity index (χ0v) is 18.5. The summed E-state index contributed by atoms with van der Waals surface area (Å²) in [6, 6.07) is 12.1. The van der Waals surface area contributed by atoms with Crippen molar-refractivity contribution in [3.8, 4) is 17.2 Å². The van der Waals surface area contributed by atoms with E-state index in [2.05, 4.69) is 23.8 Å². The Morgan fingerprint density at radius 3 is 2.33 bits per heavy atom. The van der Waals surface area contributed by atoms with Crippen molar-refractivity contribution in [1.82, 2.24) is 0 Å². The van der Waals surface area contributed by atoms with Crippen molar-refractivity contribution in [3.05, 3.63) is 65.2 Å². The van der Waals surface area contributed by atoms with Gasteiger partial charge in [0.2, 0.25) is 0 Å². The van der Waals surface area contributed by atoms with Gasteiger partial charge in [-0.05, 0) is 74.6 Å². The van der Waals surface area contributed by atoms with Crippen LogP contribution in [0.25, 0.3) is 0 Å². The molecule has 0 aliphatic carbocycles. The number of allylic oxidation sites excluding steroid dienone is 1. The Kier molecular flexibility index (Phi) is 10.3. The van der Waals surface area contributed by atoms with Crippen LogP contribution in [0.2, 0.25) is 0 Å². The Balaban J connectivity index is 1.71. The highest BCUT2D eigenvalue weighted by Crippen LogP contribution is 2.28. The van der Waals surface area contributed by atoms with Crippen LogP contribution in [0.15, 0.2) is 53.7 Å². The highest BCUT2D eigenvalue weighted by molar-refractivity contribution is 5.61. The molecule has 2 rings (SSSR count). The lowest BCUT2D eigenvalue weighted by atomic mass is 10.1. The third kappa shape index (κ3) is 8.19. The predicted octanol–water partition coefficient (Wildman–Crippen LogP) is 5.67. The van der Waals surface area contributed by atoms with Gasteiger partial charge in [0.25, 0.3) is 0 Å². The van der Waals surface area contributed by atoms with Crippen LogP contribution >= 0.6 is 0 Å². The molecule has 0 bridgehead atoms. The van der Waals surface area contributed by atoms with E-state index in [1.54, 1.807) is 6.21 Å². The van der Waals surface area contributed by atoms with E-state index < -0.39 is 0 Å². The zero-order chi connectivity index (χ0) is 21.6. The summed E-state index contributed by atoms with van der Waals surface area (Å²) >= 11 is 0. The molecule has 2 aromatic carbocycles. The monoisotopic (exact) mass is 411 g/mol. The van der Waals surface area contributed by atoms with Gasteiger partial charge >= 0.3 is 0 Å². The third-order valence-electron chi connectivity index (χ3n) is 4.47. The maximum atomic E-state index is 6.02. The Labute approximate surface area is 180 Å². The summed E-state index contributed by atoms with van der Waals surface area (Å²) in [5.74, 6) is 2.69. The van der Waals surface area contributed by atoms with Gasteiger partial charge in [-0.3, -0.25) is 0 Å². The second-order valence-electron chi connectivity index (χ2n) is 6.99.